The molecule has 0 atom stereocenters. The van der Waals surface area contributed by atoms with Crippen LogP contribution in [0.1, 0.15) is 5.56 Å². The van der Waals surface area contributed by atoms with E-state index in [1.807, 2.05) is 12.1 Å². The molecule has 7 nitrogen and oxygen atoms in total. The molecule has 10 heteroatoms. The molecule has 138 valence electrons. The van der Waals surface area contributed by atoms with E-state index in [0.717, 1.165) is 12.6 Å². The summed E-state index contributed by atoms with van der Waals surface area (Å²) >= 11 is 0. The molecular formula is C15H19F3N4O3. The van der Waals surface area contributed by atoms with Crippen molar-refractivity contribution in [3.05, 3.63) is 23.8 Å². The first kappa shape index (κ1) is 18.7. The number of hydrogen-bond donors (Lipinski definition) is 2. The SMILES string of the molecule is CN=C(NCC(=O)N(C)CC(F)(F)F)NCc1ccc2c(c1)OCO2. The molecule has 0 fully saturated rings. The number of amides is 1. The van der Waals surface area contributed by atoms with E-state index in [1.54, 1.807) is 6.07 Å². The van der Waals surface area contributed by atoms with E-state index in [9.17, 15) is 18.0 Å². The van der Waals surface area contributed by atoms with E-state index in [1.165, 1.54) is 7.05 Å². The van der Waals surface area contributed by atoms with E-state index in [0.29, 0.717) is 28.9 Å². The zero-order valence-electron chi connectivity index (χ0n) is 13.8. The minimum atomic E-state index is -4.43. The predicted octanol–water partition coefficient (Wildman–Crippen LogP) is 1.10. The highest BCUT2D eigenvalue weighted by Crippen LogP contribution is 2.32. The number of alkyl halides is 3. The quantitative estimate of drug-likeness (QED) is 0.608. The lowest BCUT2D eigenvalue weighted by Gasteiger charge is -2.20. The number of rotatable bonds is 5. The van der Waals surface area contributed by atoms with Crippen LogP contribution in [0.3, 0.4) is 0 Å². The highest BCUT2D eigenvalue weighted by Gasteiger charge is 2.31. The first-order valence-corrected chi connectivity index (χ1v) is 7.42. The van der Waals surface area contributed by atoms with Crippen LogP contribution in [0.25, 0.3) is 0 Å². The highest BCUT2D eigenvalue weighted by molar-refractivity contribution is 5.86. The number of fused-ring (bicyclic) bond motifs is 1. The van der Waals surface area contributed by atoms with Crippen LogP contribution < -0.4 is 20.1 Å². The van der Waals surface area contributed by atoms with Gasteiger partial charge in [0, 0.05) is 20.6 Å². The van der Waals surface area contributed by atoms with Gasteiger partial charge in [-0.1, -0.05) is 6.07 Å². The molecule has 0 unspecified atom stereocenters. The van der Waals surface area contributed by atoms with E-state index in [2.05, 4.69) is 15.6 Å². The number of nitrogens with one attached hydrogen (secondary N) is 2. The second-order valence-corrected chi connectivity index (χ2v) is 5.33. The fraction of sp³-hybridized carbons (Fsp3) is 0.467. The Morgan fingerprint density at radius 3 is 2.68 bits per heavy atom. The van der Waals surface area contributed by atoms with Crippen LogP contribution in [0.15, 0.2) is 23.2 Å². The topological polar surface area (TPSA) is 75.2 Å². The van der Waals surface area contributed by atoms with E-state index in [4.69, 9.17) is 9.47 Å². The number of carbonyl (C=O) groups excluding carboxylic acids is 1. The summed E-state index contributed by atoms with van der Waals surface area (Å²) in [5, 5.41) is 5.65. The summed E-state index contributed by atoms with van der Waals surface area (Å²) < 4.78 is 47.3. The lowest BCUT2D eigenvalue weighted by molar-refractivity contribution is -0.157. The van der Waals surface area contributed by atoms with E-state index >= 15 is 0 Å². The highest BCUT2D eigenvalue weighted by atomic mass is 19.4. The van der Waals surface area contributed by atoms with E-state index < -0.39 is 18.6 Å². The summed E-state index contributed by atoms with van der Waals surface area (Å²) in [4.78, 5) is 16.2. The number of likely N-dealkylation sites (N-methyl/N-ethyl adjacent to an activating group) is 1. The van der Waals surface area contributed by atoms with Crippen LogP contribution in [0.5, 0.6) is 11.5 Å². The maximum Gasteiger partial charge on any atom is 0.406 e. The Balaban J connectivity index is 1.80. The van der Waals surface area contributed by atoms with Gasteiger partial charge in [0.15, 0.2) is 17.5 Å². The van der Waals surface area contributed by atoms with Crippen molar-refractivity contribution >= 4 is 11.9 Å². The number of hydrogen-bond acceptors (Lipinski definition) is 4. The molecule has 1 aliphatic heterocycles. The number of ether oxygens (including phenoxy) is 2. The molecule has 1 aromatic rings. The Morgan fingerprint density at radius 2 is 2.00 bits per heavy atom. The summed E-state index contributed by atoms with van der Waals surface area (Å²) in [7, 11) is 2.60. The maximum absolute atomic E-state index is 12.3. The third-order valence-corrected chi connectivity index (χ3v) is 3.37. The smallest absolute Gasteiger partial charge is 0.406 e. The standard InChI is InChI=1S/C15H19F3N4O3/c1-19-14(21-7-13(23)22(2)8-15(16,17)18)20-6-10-3-4-11-12(5-10)25-9-24-11/h3-5H,6-9H2,1-2H3,(H2,19,20,21). The monoisotopic (exact) mass is 360 g/mol. The zero-order chi connectivity index (χ0) is 18.4. The molecule has 1 heterocycles. The maximum atomic E-state index is 12.3. The summed E-state index contributed by atoms with van der Waals surface area (Å²) in [6.45, 7) is -1.02. The number of aliphatic imine (C=N–C) groups is 1. The van der Waals surface area contributed by atoms with Gasteiger partial charge in [0.2, 0.25) is 12.7 Å². The lowest BCUT2D eigenvalue weighted by atomic mass is 10.2. The molecule has 2 rings (SSSR count). The molecule has 1 amide bonds. The fourth-order valence-electron chi connectivity index (χ4n) is 2.11. The average Bonchev–Trinajstić information content (AvgIpc) is 3.00. The summed E-state index contributed by atoms with van der Waals surface area (Å²) in [6.07, 6.45) is -4.43. The second-order valence-electron chi connectivity index (χ2n) is 5.33. The molecule has 1 aliphatic rings. The molecular weight excluding hydrogens is 341 g/mol. The van der Waals surface area contributed by atoms with Gasteiger partial charge in [-0.15, -0.1) is 0 Å². The molecule has 0 radical (unpaired) electrons. The van der Waals surface area contributed by atoms with Crippen molar-refractivity contribution in [3.63, 3.8) is 0 Å². The van der Waals surface area contributed by atoms with E-state index in [-0.39, 0.29) is 13.3 Å². The molecule has 0 spiro atoms. The fourth-order valence-corrected chi connectivity index (χ4v) is 2.11. The van der Waals surface area contributed by atoms with Gasteiger partial charge in [-0.3, -0.25) is 9.79 Å². The lowest BCUT2D eigenvalue weighted by Crippen LogP contribution is -2.45. The minimum absolute atomic E-state index is 0.184. The Morgan fingerprint density at radius 1 is 1.28 bits per heavy atom. The van der Waals surface area contributed by atoms with Gasteiger partial charge >= 0.3 is 6.18 Å². The van der Waals surface area contributed by atoms with Gasteiger partial charge in [-0.25, -0.2) is 0 Å². The van der Waals surface area contributed by atoms with Crippen LogP contribution in [-0.4, -0.2) is 56.9 Å². The predicted molar refractivity (Wildman–Crippen MR) is 84.5 cm³/mol. The summed E-state index contributed by atoms with van der Waals surface area (Å²) in [5.74, 6) is 0.922. The Labute approximate surface area is 142 Å². The van der Waals surface area contributed by atoms with Crippen LogP contribution in [0, 0.1) is 0 Å². The summed E-state index contributed by atoms with van der Waals surface area (Å²) in [6, 6.07) is 5.44. The molecule has 0 saturated carbocycles. The van der Waals surface area contributed by atoms with Crippen LogP contribution >= 0.6 is 0 Å². The van der Waals surface area contributed by atoms with Crippen LogP contribution in [0.4, 0.5) is 13.2 Å². The van der Waals surface area contributed by atoms with Crippen molar-refractivity contribution in [1.82, 2.24) is 15.5 Å². The van der Waals surface area contributed by atoms with Crippen LogP contribution in [-0.2, 0) is 11.3 Å². The zero-order valence-corrected chi connectivity index (χ0v) is 13.8. The van der Waals surface area contributed by atoms with Gasteiger partial charge in [0.1, 0.15) is 6.54 Å². The van der Waals surface area contributed by atoms with Crippen molar-refractivity contribution in [1.29, 1.82) is 0 Å². The second kappa shape index (κ2) is 7.95. The Bertz CT molecular complexity index is 649. The van der Waals surface area contributed by atoms with Crippen molar-refractivity contribution in [2.45, 2.75) is 12.7 Å². The number of carbonyl (C=O) groups is 1. The number of guanidine groups is 1. The van der Waals surface area contributed by atoms with Crippen molar-refractivity contribution < 1.29 is 27.4 Å². The average molecular weight is 360 g/mol. The number of halogens is 3. The third kappa shape index (κ3) is 5.73. The van der Waals surface area contributed by atoms with Crippen molar-refractivity contribution in [2.75, 3.05) is 34.0 Å². The molecule has 0 aliphatic carbocycles. The van der Waals surface area contributed by atoms with Gasteiger partial charge < -0.3 is 25.0 Å². The Hall–Kier alpha value is -2.65. The largest absolute Gasteiger partial charge is 0.454 e. The minimum Gasteiger partial charge on any atom is -0.454 e. The third-order valence-electron chi connectivity index (χ3n) is 3.37. The molecule has 1 aromatic carbocycles. The van der Waals surface area contributed by atoms with Crippen LogP contribution in [0.2, 0.25) is 0 Å². The molecule has 0 aromatic heterocycles. The van der Waals surface area contributed by atoms with Gasteiger partial charge in [-0.2, -0.15) is 13.2 Å². The summed E-state index contributed by atoms with van der Waals surface area (Å²) in [5.41, 5.74) is 0.896. The van der Waals surface area contributed by atoms with Crippen molar-refractivity contribution in [3.8, 4) is 11.5 Å². The molecule has 2 N–H and O–H groups in total. The first-order valence-electron chi connectivity index (χ1n) is 7.42. The molecule has 0 bridgehead atoms. The normalized spacial score (nSPS) is 13.6. The Kier molecular flexibility index (Phi) is 5.94. The molecule has 0 saturated heterocycles. The van der Waals surface area contributed by atoms with Crippen molar-refractivity contribution in [2.24, 2.45) is 4.99 Å². The molecule has 25 heavy (non-hydrogen) atoms. The first-order chi connectivity index (χ1) is 11.8. The van der Waals surface area contributed by atoms with Gasteiger partial charge in [0.25, 0.3) is 0 Å². The number of nitrogens with zero attached hydrogens (tertiary/aromatic N) is 2. The number of benzene rings is 1. The van der Waals surface area contributed by atoms with Gasteiger partial charge in [0.05, 0.1) is 6.54 Å². The van der Waals surface area contributed by atoms with Gasteiger partial charge in [-0.05, 0) is 17.7 Å².